The van der Waals surface area contributed by atoms with E-state index in [1.807, 2.05) is 59.1 Å². The first kappa shape index (κ1) is 22.2. The van der Waals surface area contributed by atoms with Crippen molar-refractivity contribution in [2.75, 3.05) is 40.5 Å². The van der Waals surface area contributed by atoms with E-state index in [0.29, 0.717) is 19.6 Å². The largest absolute Gasteiger partial charge is 0.492 e. The molecule has 2 amide bonds. The molecule has 2 rings (SSSR count). The second-order valence-electron chi connectivity index (χ2n) is 7.54. The smallest absolute Gasteiger partial charge is 0.417 e. The molecule has 2 unspecified atom stereocenters. The molecule has 1 saturated heterocycles. The zero-order valence-electron chi connectivity index (χ0n) is 17.5. The summed E-state index contributed by atoms with van der Waals surface area (Å²) in [6.45, 7) is 7.85. The maximum absolute atomic E-state index is 13.0. The SMILES string of the molecule is CCOC(Cc1ccc(OCCN(C)C)cc1)C(=O)N1C(=O)OCC1C(C)C. The van der Waals surface area contributed by atoms with Crippen LogP contribution in [0.2, 0.25) is 0 Å². The van der Waals surface area contributed by atoms with Crippen molar-refractivity contribution in [3.05, 3.63) is 29.8 Å². The summed E-state index contributed by atoms with van der Waals surface area (Å²) >= 11 is 0. The predicted octanol–water partition coefficient (Wildman–Crippen LogP) is 2.58. The molecule has 0 bridgehead atoms. The standard InChI is InChI=1S/C21H32N2O5/c1-6-26-19(20(24)23-18(15(2)3)14-28-21(23)25)13-16-7-9-17(10-8-16)27-12-11-22(4)5/h7-10,15,18-19H,6,11-14H2,1-5H3. The van der Waals surface area contributed by atoms with Crippen molar-refractivity contribution in [3.63, 3.8) is 0 Å². The molecule has 0 saturated carbocycles. The van der Waals surface area contributed by atoms with Gasteiger partial charge in [-0.15, -0.1) is 0 Å². The van der Waals surface area contributed by atoms with E-state index in [2.05, 4.69) is 4.90 Å². The van der Waals surface area contributed by atoms with Crippen LogP contribution in [0, 0.1) is 5.92 Å². The quantitative estimate of drug-likeness (QED) is 0.610. The number of hydrogen-bond donors (Lipinski definition) is 0. The molecule has 1 heterocycles. The molecule has 2 atom stereocenters. The second-order valence-corrected chi connectivity index (χ2v) is 7.54. The first-order chi connectivity index (χ1) is 13.3. The molecule has 0 aromatic heterocycles. The third-order valence-corrected chi connectivity index (χ3v) is 4.71. The van der Waals surface area contributed by atoms with Crippen LogP contribution in [-0.2, 0) is 20.7 Å². The fourth-order valence-corrected chi connectivity index (χ4v) is 3.04. The van der Waals surface area contributed by atoms with Crippen molar-refractivity contribution in [1.29, 1.82) is 0 Å². The van der Waals surface area contributed by atoms with E-state index in [1.165, 1.54) is 4.90 Å². The fraction of sp³-hybridized carbons (Fsp3) is 0.619. The predicted molar refractivity (Wildman–Crippen MR) is 106 cm³/mol. The summed E-state index contributed by atoms with van der Waals surface area (Å²) < 4.78 is 16.5. The van der Waals surface area contributed by atoms with Crippen LogP contribution in [0.4, 0.5) is 4.79 Å². The van der Waals surface area contributed by atoms with Crippen molar-refractivity contribution in [3.8, 4) is 5.75 Å². The summed E-state index contributed by atoms with van der Waals surface area (Å²) in [7, 11) is 3.99. The maximum atomic E-state index is 13.0. The number of rotatable bonds is 10. The molecule has 1 aliphatic rings. The number of likely N-dealkylation sites (N-methyl/N-ethyl adjacent to an activating group) is 1. The van der Waals surface area contributed by atoms with Gasteiger partial charge in [0.2, 0.25) is 0 Å². The highest BCUT2D eigenvalue weighted by atomic mass is 16.6. The first-order valence-electron chi connectivity index (χ1n) is 9.81. The lowest BCUT2D eigenvalue weighted by Gasteiger charge is -2.26. The van der Waals surface area contributed by atoms with Crippen molar-refractivity contribution < 1.29 is 23.8 Å². The Balaban J connectivity index is 2.03. The minimum absolute atomic E-state index is 0.122. The lowest BCUT2D eigenvalue weighted by molar-refractivity contribution is -0.141. The Morgan fingerprint density at radius 1 is 1.29 bits per heavy atom. The van der Waals surface area contributed by atoms with Crippen molar-refractivity contribution in [2.24, 2.45) is 5.92 Å². The van der Waals surface area contributed by atoms with Gasteiger partial charge in [-0.1, -0.05) is 26.0 Å². The lowest BCUT2D eigenvalue weighted by atomic mass is 10.0. The Kier molecular flexibility index (Phi) is 8.26. The second kappa shape index (κ2) is 10.4. The van der Waals surface area contributed by atoms with Gasteiger partial charge in [0.05, 0.1) is 6.04 Å². The van der Waals surface area contributed by atoms with Gasteiger partial charge in [-0.05, 0) is 44.6 Å². The summed E-state index contributed by atoms with van der Waals surface area (Å²) in [6, 6.07) is 7.37. The third-order valence-electron chi connectivity index (χ3n) is 4.71. The van der Waals surface area contributed by atoms with Crippen LogP contribution in [-0.4, -0.2) is 74.4 Å². The zero-order valence-corrected chi connectivity index (χ0v) is 17.5. The highest BCUT2D eigenvalue weighted by Gasteiger charge is 2.42. The van der Waals surface area contributed by atoms with Crippen LogP contribution in [0.25, 0.3) is 0 Å². The normalized spacial score (nSPS) is 17.9. The summed E-state index contributed by atoms with van der Waals surface area (Å²) in [6.07, 6.45) is -0.922. The number of hydrogen-bond acceptors (Lipinski definition) is 6. The summed E-state index contributed by atoms with van der Waals surface area (Å²) in [4.78, 5) is 28.4. The van der Waals surface area contributed by atoms with Crippen LogP contribution < -0.4 is 4.74 Å². The fourth-order valence-electron chi connectivity index (χ4n) is 3.04. The molecule has 28 heavy (non-hydrogen) atoms. The van der Waals surface area contributed by atoms with E-state index in [0.717, 1.165) is 17.9 Å². The number of amides is 2. The van der Waals surface area contributed by atoms with Gasteiger partial charge in [0.25, 0.3) is 5.91 Å². The Bertz CT molecular complexity index is 645. The van der Waals surface area contributed by atoms with E-state index >= 15 is 0 Å². The molecule has 1 aromatic carbocycles. The topological polar surface area (TPSA) is 68.3 Å². The molecular formula is C21H32N2O5. The number of ether oxygens (including phenoxy) is 3. The number of carbonyl (C=O) groups excluding carboxylic acids is 2. The van der Waals surface area contributed by atoms with Gasteiger partial charge >= 0.3 is 6.09 Å². The minimum Gasteiger partial charge on any atom is -0.492 e. The van der Waals surface area contributed by atoms with Gasteiger partial charge in [0, 0.05) is 19.6 Å². The van der Waals surface area contributed by atoms with Crippen LogP contribution in [0.3, 0.4) is 0 Å². The summed E-state index contributed by atoms with van der Waals surface area (Å²) in [5.41, 5.74) is 0.945. The zero-order chi connectivity index (χ0) is 20.7. The Hall–Kier alpha value is -2.12. The van der Waals surface area contributed by atoms with Gasteiger partial charge in [-0.3, -0.25) is 4.79 Å². The molecule has 0 radical (unpaired) electrons. The van der Waals surface area contributed by atoms with Gasteiger partial charge < -0.3 is 19.1 Å². The highest BCUT2D eigenvalue weighted by Crippen LogP contribution is 2.23. The molecule has 7 nitrogen and oxygen atoms in total. The number of nitrogens with zero attached hydrogens (tertiary/aromatic N) is 2. The van der Waals surface area contributed by atoms with E-state index in [4.69, 9.17) is 14.2 Å². The van der Waals surface area contributed by atoms with E-state index in [1.54, 1.807) is 0 Å². The van der Waals surface area contributed by atoms with E-state index < -0.39 is 12.2 Å². The van der Waals surface area contributed by atoms with E-state index in [-0.39, 0.29) is 24.5 Å². The minimum atomic E-state index is -0.725. The maximum Gasteiger partial charge on any atom is 0.417 e. The van der Waals surface area contributed by atoms with Crippen LogP contribution in [0.1, 0.15) is 26.3 Å². The number of carbonyl (C=O) groups is 2. The average Bonchev–Trinajstić information content (AvgIpc) is 3.03. The Morgan fingerprint density at radius 2 is 1.96 bits per heavy atom. The number of cyclic esters (lactones) is 1. The molecule has 0 N–H and O–H groups in total. The molecule has 1 aromatic rings. The van der Waals surface area contributed by atoms with Crippen molar-refractivity contribution in [2.45, 2.75) is 39.3 Å². The van der Waals surface area contributed by atoms with E-state index in [9.17, 15) is 9.59 Å². The Morgan fingerprint density at radius 3 is 2.54 bits per heavy atom. The lowest BCUT2D eigenvalue weighted by Crippen LogP contribution is -2.48. The van der Waals surface area contributed by atoms with Crippen molar-refractivity contribution in [1.82, 2.24) is 9.80 Å². The van der Waals surface area contributed by atoms with Crippen molar-refractivity contribution >= 4 is 12.0 Å². The molecule has 0 aliphatic carbocycles. The number of benzene rings is 1. The molecule has 0 spiro atoms. The first-order valence-corrected chi connectivity index (χ1v) is 9.81. The Labute approximate surface area is 167 Å². The van der Waals surface area contributed by atoms with Gasteiger partial charge in [-0.25, -0.2) is 9.69 Å². The molecule has 7 heteroatoms. The highest BCUT2D eigenvalue weighted by molar-refractivity contribution is 5.96. The number of imide groups is 1. The molecule has 1 fully saturated rings. The van der Waals surface area contributed by atoms with Crippen LogP contribution in [0.15, 0.2) is 24.3 Å². The van der Waals surface area contributed by atoms with Crippen LogP contribution in [0.5, 0.6) is 5.75 Å². The monoisotopic (exact) mass is 392 g/mol. The molecular weight excluding hydrogens is 360 g/mol. The van der Waals surface area contributed by atoms with Crippen LogP contribution >= 0.6 is 0 Å². The average molecular weight is 392 g/mol. The third kappa shape index (κ3) is 5.94. The van der Waals surface area contributed by atoms with Gasteiger partial charge in [0.15, 0.2) is 0 Å². The molecule has 1 aliphatic heterocycles. The summed E-state index contributed by atoms with van der Waals surface area (Å²) in [5, 5.41) is 0. The molecule has 156 valence electrons. The summed E-state index contributed by atoms with van der Waals surface area (Å²) in [5.74, 6) is 0.568. The van der Waals surface area contributed by atoms with Gasteiger partial charge in [-0.2, -0.15) is 0 Å². The van der Waals surface area contributed by atoms with Gasteiger partial charge in [0.1, 0.15) is 25.1 Å².